The van der Waals surface area contributed by atoms with Crippen molar-refractivity contribution in [3.8, 4) is 6.07 Å². The van der Waals surface area contributed by atoms with Crippen LogP contribution in [0.4, 0.5) is 5.82 Å². The van der Waals surface area contributed by atoms with Gasteiger partial charge in [0.15, 0.2) is 11.5 Å². The SMILES string of the molecule is CC(C)c1ccc(CC(=O)N2CCN(c3ccc(C#N)nn3)CC2)nc1. The molecule has 0 spiro atoms. The summed E-state index contributed by atoms with van der Waals surface area (Å²) in [5.41, 5.74) is 2.29. The van der Waals surface area contributed by atoms with Gasteiger partial charge in [0.1, 0.15) is 6.07 Å². The zero-order valence-corrected chi connectivity index (χ0v) is 15.1. The monoisotopic (exact) mass is 350 g/mol. The first-order chi connectivity index (χ1) is 12.6. The van der Waals surface area contributed by atoms with Crippen LogP contribution in [0.25, 0.3) is 0 Å². The van der Waals surface area contributed by atoms with Crippen LogP contribution in [0.5, 0.6) is 0 Å². The normalized spacial score (nSPS) is 14.4. The Balaban J connectivity index is 1.53. The molecule has 0 aromatic carbocycles. The highest BCUT2D eigenvalue weighted by molar-refractivity contribution is 5.78. The molecule has 7 nitrogen and oxygen atoms in total. The fourth-order valence-electron chi connectivity index (χ4n) is 2.89. The highest BCUT2D eigenvalue weighted by Gasteiger charge is 2.22. The second-order valence-corrected chi connectivity index (χ2v) is 6.67. The van der Waals surface area contributed by atoms with Gasteiger partial charge in [0.2, 0.25) is 5.91 Å². The first-order valence-electron chi connectivity index (χ1n) is 8.78. The van der Waals surface area contributed by atoms with Crippen molar-refractivity contribution < 1.29 is 4.79 Å². The third-order valence-corrected chi connectivity index (χ3v) is 4.57. The molecule has 1 aliphatic heterocycles. The molecule has 2 aromatic heterocycles. The van der Waals surface area contributed by atoms with Crippen molar-refractivity contribution in [3.63, 3.8) is 0 Å². The largest absolute Gasteiger partial charge is 0.352 e. The summed E-state index contributed by atoms with van der Waals surface area (Å²) in [6.07, 6.45) is 2.18. The van der Waals surface area contributed by atoms with Crippen molar-refractivity contribution in [2.24, 2.45) is 0 Å². The van der Waals surface area contributed by atoms with Crippen LogP contribution in [0.2, 0.25) is 0 Å². The number of piperazine rings is 1. The van der Waals surface area contributed by atoms with Gasteiger partial charge in [-0.25, -0.2) is 0 Å². The van der Waals surface area contributed by atoms with Gasteiger partial charge in [-0.05, 0) is 29.7 Å². The molecule has 134 valence electrons. The van der Waals surface area contributed by atoms with Crippen LogP contribution in [0, 0.1) is 11.3 Å². The minimum atomic E-state index is 0.0976. The van der Waals surface area contributed by atoms with E-state index in [1.807, 2.05) is 29.3 Å². The van der Waals surface area contributed by atoms with Crippen molar-refractivity contribution in [2.45, 2.75) is 26.2 Å². The van der Waals surface area contributed by atoms with Crippen LogP contribution in [0.15, 0.2) is 30.5 Å². The Kier molecular flexibility index (Phi) is 5.42. The number of anilines is 1. The smallest absolute Gasteiger partial charge is 0.228 e. The Hall–Kier alpha value is -3.01. The molecular weight excluding hydrogens is 328 g/mol. The second kappa shape index (κ2) is 7.91. The number of nitrogens with zero attached hydrogens (tertiary/aromatic N) is 6. The minimum absolute atomic E-state index is 0.0976. The van der Waals surface area contributed by atoms with Gasteiger partial charge in [0, 0.05) is 38.1 Å². The molecule has 7 heteroatoms. The van der Waals surface area contributed by atoms with E-state index in [-0.39, 0.29) is 5.91 Å². The molecule has 1 amide bonds. The molecule has 1 aliphatic rings. The van der Waals surface area contributed by atoms with Crippen molar-refractivity contribution in [3.05, 3.63) is 47.4 Å². The van der Waals surface area contributed by atoms with Gasteiger partial charge in [0.05, 0.1) is 6.42 Å². The lowest BCUT2D eigenvalue weighted by Crippen LogP contribution is -2.49. The Morgan fingerprint density at radius 2 is 1.92 bits per heavy atom. The number of hydrogen-bond acceptors (Lipinski definition) is 6. The first-order valence-corrected chi connectivity index (χ1v) is 8.78. The number of rotatable bonds is 4. The topological polar surface area (TPSA) is 86.0 Å². The van der Waals surface area contributed by atoms with Gasteiger partial charge in [-0.2, -0.15) is 5.26 Å². The molecule has 2 aromatic rings. The Labute approximate surface area is 153 Å². The average molecular weight is 350 g/mol. The molecule has 0 radical (unpaired) electrons. The lowest BCUT2D eigenvalue weighted by atomic mass is 10.1. The van der Waals surface area contributed by atoms with Gasteiger partial charge in [-0.15, -0.1) is 10.2 Å². The number of carbonyl (C=O) groups is 1. The molecule has 3 heterocycles. The summed E-state index contributed by atoms with van der Waals surface area (Å²) in [6, 6.07) is 9.40. The number of amides is 1. The van der Waals surface area contributed by atoms with Crippen LogP contribution >= 0.6 is 0 Å². The molecule has 0 aliphatic carbocycles. The standard InChI is InChI=1S/C19H22N6O/c1-14(2)15-3-4-16(21-13-15)11-19(26)25-9-7-24(8-10-25)18-6-5-17(12-20)22-23-18/h3-6,13-14H,7-11H2,1-2H3. The van der Waals surface area contributed by atoms with E-state index in [2.05, 4.69) is 33.9 Å². The summed E-state index contributed by atoms with van der Waals surface area (Å²) in [6.45, 7) is 6.94. The van der Waals surface area contributed by atoms with Crippen LogP contribution in [-0.2, 0) is 11.2 Å². The second-order valence-electron chi connectivity index (χ2n) is 6.67. The average Bonchev–Trinajstić information content (AvgIpc) is 2.68. The zero-order valence-electron chi connectivity index (χ0n) is 15.1. The van der Waals surface area contributed by atoms with E-state index in [1.54, 1.807) is 12.1 Å². The summed E-state index contributed by atoms with van der Waals surface area (Å²) in [4.78, 5) is 20.9. The Bertz CT molecular complexity index is 786. The molecular formula is C19H22N6O. The number of aromatic nitrogens is 3. The van der Waals surface area contributed by atoms with Gasteiger partial charge < -0.3 is 9.80 Å². The molecule has 0 bridgehead atoms. The summed E-state index contributed by atoms with van der Waals surface area (Å²) >= 11 is 0. The molecule has 0 saturated carbocycles. The number of carbonyl (C=O) groups excluding carboxylic acids is 1. The fraction of sp³-hybridized carbons (Fsp3) is 0.421. The van der Waals surface area contributed by atoms with Crippen LogP contribution < -0.4 is 4.90 Å². The molecule has 0 N–H and O–H groups in total. The lowest BCUT2D eigenvalue weighted by molar-refractivity contribution is -0.130. The third kappa shape index (κ3) is 4.14. The maximum Gasteiger partial charge on any atom is 0.228 e. The summed E-state index contributed by atoms with van der Waals surface area (Å²) in [5, 5.41) is 16.7. The van der Waals surface area contributed by atoms with E-state index in [1.165, 1.54) is 5.56 Å². The predicted octanol–water partition coefficient (Wildman–Crippen LogP) is 1.76. The van der Waals surface area contributed by atoms with Gasteiger partial charge in [-0.3, -0.25) is 9.78 Å². The number of pyridine rings is 1. The van der Waals surface area contributed by atoms with Crippen molar-refractivity contribution >= 4 is 11.7 Å². The number of nitriles is 1. The zero-order chi connectivity index (χ0) is 18.5. The van der Waals surface area contributed by atoms with Gasteiger partial charge >= 0.3 is 0 Å². The molecule has 1 saturated heterocycles. The summed E-state index contributed by atoms with van der Waals surface area (Å²) in [7, 11) is 0. The Morgan fingerprint density at radius 3 is 2.46 bits per heavy atom. The summed E-state index contributed by atoms with van der Waals surface area (Å²) in [5.74, 6) is 1.27. The van der Waals surface area contributed by atoms with Crippen molar-refractivity contribution in [1.29, 1.82) is 5.26 Å². The van der Waals surface area contributed by atoms with E-state index in [4.69, 9.17) is 5.26 Å². The van der Waals surface area contributed by atoms with E-state index in [0.717, 1.165) is 11.5 Å². The predicted molar refractivity (Wildman–Crippen MR) is 97.6 cm³/mol. The van der Waals surface area contributed by atoms with Crippen LogP contribution in [-0.4, -0.2) is 52.2 Å². The fourth-order valence-corrected chi connectivity index (χ4v) is 2.89. The van der Waals surface area contributed by atoms with Gasteiger partial charge in [-0.1, -0.05) is 19.9 Å². The minimum Gasteiger partial charge on any atom is -0.352 e. The molecule has 0 atom stereocenters. The van der Waals surface area contributed by atoms with Crippen molar-refractivity contribution in [2.75, 3.05) is 31.1 Å². The van der Waals surface area contributed by atoms with E-state index < -0.39 is 0 Å². The molecule has 3 rings (SSSR count). The molecule has 0 unspecified atom stereocenters. The molecule has 1 fully saturated rings. The molecule has 26 heavy (non-hydrogen) atoms. The van der Waals surface area contributed by atoms with E-state index >= 15 is 0 Å². The maximum atomic E-state index is 12.5. The Morgan fingerprint density at radius 1 is 1.15 bits per heavy atom. The quantitative estimate of drug-likeness (QED) is 0.835. The van der Waals surface area contributed by atoms with Crippen LogP contribution in [0.1, 0.15) is 36.7 Å². The lowest BCUT2D eigenvalue weighted by Gasteiger charge is -2.35. The number of hydrogen-bond donors (Lipinski definition) is 0. The van der Waals surface area contributed by atoms with Crippen LogP contribution in [0.3, 0.4) is 0 Å². The first kappa shape index (κ1) is 17.8. The van der Waals surface area contributed by atoms with E-state index in [9.17, 15) is 4.79 Å². The highest BCUT2D eigenvalue weighted by Crippen LogP contribution is 2.15. The maximum absolute atomic E-state index is 12.5. The third-order valence-electron chi connectivity index (χ3n) is 4.57. The van der Waals surface area contributed by atoms with Gasteiger partial charge in [0.25, 0.3) is 0 Å². The van der Waals surface area contributed by atoms with Crippen molar-refractivity contribution in [1.82, 2.24) is 20.1 Å². The highest BCUT2D eigenvalue weighted by atomic mass is 16.2. The van der Waals surface area contributed by atoms with E-state index in [0.29, 0.717) is 44.2 Å². The summed E-state index contributed by atoms with van der Waals surface area (Å²) < 4.78 is 0.